The highest BCUT2D eigenvalue weighted by Crippen LogP contribution is 2.34. The summed E-state index contributed by atoms with van der Waals surface area (Å²) < 4.78 is 1.11. The van der Waals surface area contributed by atoms with Crippen LogP contribution in [-0.4, -0.2) is 5.11 Å². The number of benzene rings is 1. The summed E-state index contributed by atoms with van der Waals surface area (Å²) in [6.07, 6.45) is 0. The molecule has 0 aliphatic carbocycles. The van der Waals surface area contributed by atoms with Crippen LogP contribution >= 0.6 is 35.6 Å². The fraction of sp³-hybridized carbons (Fsp3) is 0.111. The SMILES string of the molecule is Oc1cc2c(S)csc2cc1CCl. The monoisotopic (exact) mass is 230 g/mol. The molecular weight excluding hydrogens is 224 g/mol. The van der Waals surface area contributed by atoms with Gasteiger partial charge in [-0.1, -0.05) is 0 Å². The van der Waals surface area contributed by atoms with E-state index >= 15 is 0 Å². The van der Waals surface area contributed by atoms with Gasteiger partial charge >= 0.3 is 0 Å². The van der Waals surface area contributed by atoms with Gasteiger partial charge in [0.2, 0.25) is 0 Å². The lowest BCUT2D eigenvalue weighted by molar-refractivity contribution is 0.471. The van der Waals surface area contributed by atoms with Gasteiger partial charge in [-0.2, -0.15) is 0 Å². The minimum absolute atomic E-state index is 0.246. The summed E-state index contributed by atoms with van der Waals surface area (Å²) in [6.45, 7) is 0. The fourth-order valence-electron chi connectivity index (χ4n) is 1.20. The molecule has 4 heteroatoms. The Balaban J connectivity index is 2.76. The molecule has 13 heavy (non-hydrogen) atoms. The number of phenolic OH excluding ortho intramolecular Hbond substituents is 1. The number of hydrogen-bond acceptors (Lipinski definition) is 3. The summed E-state index contributed by atoms with van der Waals surface area (Å²) in [4.78, 5) is 0.899. The van der Waals surface area contributed by atoms with Gasteiger partial charge in [-0.25, -0.2) is 0 Å². The van der Waals surface area contributed by atoms with Crippen molar-refractivity contribution in [3.8, 4) is 5.75 Å². The molecule has 0 fully saturated rings. The van der Waals surface area contributed by atoms with Crippen molar-refractivity contribution >= 4 is 45.7 Å². The maximum absolute atomic E-state index is 9.54. The van der Waals surface area contributed by atoms with Crippen molar-refractivity contribution in [1.29, 1.82) is 0 Å². The molecule has 0 unspecified atom stereocenters. The van der Waals surface area contributed by atoms with Crippen LogP contribution in [0.3, 0.4) is 0 Å². The molecule has 1 aromatic heterocycles. The Morgan fingerprint density at radius 2 is 2.23 bits per heavy atom. The number of thiophene rings is 1. The zero-order valence-corrected chi connectivity index (χ0v) is 9.09. The van der Waals surface area contributed by atoms with E-state index in [0.717, 1.165) is 20.5 Å². The van der Waals surface area contributed by atoms with Crippen molar-refractivity contribution in [2.24, 2.45) is 0 Å². The van der Waals surface area contributed by atoms with Crippen molar-refractivity contribution in [2.75, 3.05) is 0 Å². The molecule has 1 aromatic carbocycles. The van der Waals surface area contributed by atoms with Crippen LogP contribution in [-0.2, 0) is 5.88 Å². The number of thiol groups is 1. The van der Waals surface area contributed by atoms with Crippen LogP contribution in [0.5, 0.6) is 5.75 Å². The van der Waals surface area contributed by atoms with Gasteiger partial charge in [-0.15, -0.1) is 35.6 Å². The third-order valence-corrected chi connectivity index (χ3v) is 3.68. The second-order valence-electron chi connectivity index (χ2n) is 2.73. The van der Waals surface area contributed by atoms with E-state index in [1.807, 2.05) is 11.4 Å². The van der Waals surface area contributed by atoms with E-state index in [-0.39, 0.29) is 5.75 Å². The van der Waals surface area contributed by atoms with E-state index in [4.69, 9.17) is 11.6 Å². The molecule has 2 aromatic rings. The maximum atomic E-state index is 9.54. The molecular formula is C9H7ClOS2. The van der Waals surface area contributed by atoms with Gasteiger partial charge < -0.3 is 5.11 Å². The van der Waals surface area contributed by atoms with Crippen molar-refractivity contribution in [2.45, 2.75) is 10.8 Å². The highest BCUT2D eigenvalue weighted by Gasteiger charge is 2.06. The third-order valence-electron chi connectivity index (χ3n) is 1.90. The Morgan fingerprint density at radius 1 is 1.46 bits per heavy atom. The van der Waals surface area contributed by atoms with Gasteiger partial charge in [-0.05, 0) is 12.1 Å². The largest absolute Gasteiger partial charge is 0.508 e. The van der Waals surface area contributed by atoms with E-state index in [0.29, 0.717) is 5.88 Å². The van der Waals surface area contributed by atoms with E-state index in [1.54, 1.807) is 17.4 Å². The minimum atomic E-state index is 0.246. The maximum Gasteiger partial charge on any atom is 0.120 e. The first kappa shape index (κ1) is 9.19. The second kappa shape index (κ2) is 3.40. The molecule has 0 radical (unpaired) electrons. The molecule has 1 nitrogen and oxygen atoms in total. The average Bonchev–Trinajstić information content (AvgIpc) is 2.47. The van der Waals surface area contributed by atoms with Gasteiger partial charge in [0, 0.05) is 25.9 Å². The zero-order valence-electron chi connectivity index (χ0n) is 6.62. The average molecular weight is 231 g/mol. The van der Waals surface area contributed by atoms with Crippen LogP contribution in [0.4, 0.5) is 0 Å². The molecule has 1 N–H and O–H groups in total. The summed E-state index contributed by atoms with van der Waals surface area (Å²) in [5.74, 6) is 0.581. The fourth-order valence-corrected chi connectivity index (χ4v) is 2.70. The topological polar surface area (TPSA) is 20.2 Å². The minimum Gasteiger partial charge on any atom is -0.508 e. The summed E-state index contributed by atoms with van der Waals surface area (Å²) in [6, 6.07) is 3.62. The highest BCUT2D eigenvalue weighted by molar-refractivity contribution is 7.80. The number of alkyl halides is 1. The van der Waals surface area contributed by atoms with Crippen LogP contribution < -0.4 is 0 Å². The Hall–Kier alpha value is -0.380. The summed E-state index contributed by atoms with van der Waals surface area (Å²) in [7, 11) is 0. The first-order valence-electron chi connectivity index (χ1n) is 3.70. The molecule has 1 heterocycles. The summed E-state index contributed by atoms with van der Waals surface area (Å²) in [5, 5.41) is 12.5. The van der Waals surface area contributed by atoms with Gasteiger partial charge in [0.1, 0.15) is 5.75 Å². The smallest absolute Gasteiger partial charge is 0.120 e. The van der Waals surface area contributed by atoms with Crippen molar-refractivity contribution in [1.82, 2.24) is 0 Å². The number of phenols is 1. The zero-order chi connectivity index (χ0) is 9.42. The molecule has 68 valence electrons. The normalized spacial score (nSPS) is 10.9. The van der Waals surface area contributed by atoms with E-state index in [9.17, 15) is 5.11 Å². The lowest BCUT2D eigenvalue weighted by Gasteiger charge is -2.00. The van der Waals surface area contributed by atoms with Crippen molar-refractivity contribution in [3.05, 3.63) is 23.1 Å². The highest BCUT2D eigenvalue weighted by atomic mass is 35.5. The molecule has 2 rings (SSSR count). The Bertz CT molecular complexity index is 450. The predicted octanol–water partition coefficient (Wildman–Crippen LogP) is 3.63. The van der Waals surface area contributed by atoms with E-state index in [1.165, 1.54) is 0 Å². The van der Waals surface area contributed by atoms with Gasteiger partial charge in [0.05, 0.1) is 5.88 Å². The molecule has 0 saturated heterocycles. The summed E-state index contributed by atoms with van der Waals surface area (Å²) in [5.41, 5.74) is 0.768. The number of fused-ring (bicyclic) bond motifs is 1. The van der Waals surface area contributed by atoms with Gasteiger partial charge in [-0.3, -0.25) is 0 Å². The molecule has 0 saturated carbocycles. The molecule has 0 amide bonds. The first-order valence-corrected chi connectivity index (χ1v) is 5.56. The Morgan fingerprint density at radius 3 is 2.92 bits per heavy atom. The number of rotatable bonds is 1. The quantitative estimate of drug-likeness (QED) is 0.566. The lowest BCUT2D eigenvalue weighted by Crippen LogP contribution is -1.78. The van der Waals surface area contributed by atoms with Crippen molar-refractivity contribution in [3.63, 3.8) is 0 Å². The first-order chi connectivity index (χ1) is 6.22. The number of hydrogen-bond donors (Lipinski definition) is 2. The summed E-state index contributed by atoms with van der Waals surface area (Å²) >= 11 is 11.5. The van der Waals surface area contributed by atoms with Crippen LogP contribution in [0.15, 0.2) is 22.4 Å². The second-order valence-corrected chi connectivity index (χ2v) is 4.39. The number of halogens is 1. The Labute approximate surface area is 90.4 Å². The van der Waals surface area contributed by atoms with Crippen molar-refractivity contribution < 1.29 is 5.11 Å². The predicted molar refractivity (Wildman–Crippen MR) is 60.3 cm³/mol. The van der Waals surface area contributed by atoms with E-state index < -0.39 is 0 Å². The Kier molecular flexibility index (Phi) is 2.41. The van der Waals surface area contributed by atoms with Crippen LogP contribution in [0, 0.1) is 0 Å². The van der Waals surface area contributed by atoms with Crippen LogP contribution in [0.2, 0.25) is 0 Å². The molecule has 0 atom stereocenters. The van der Waals surface area contributed by atoms with Crippen LogP contribution in [0.25, 0.3) is 10.1 Å². The van der Waals surface area contributed by atoms with E-state index in [2.05, 4.69) is 12.6 Å². The molecule has 0 bridgehead atoms. The standard InChI is InChI=1S/C9H7ClOS2/c10-3-5-1-9-6(2-7(5)11)8(12)4-13-9/h1-2,4,11-12H,3H2. The third kappa shape index (κ3) is 1.52. The van der Waals surface area contributed by atoms with Gasteiger partial charge in [0.15, 0.2) is 0 Å². The molecule has 0 aliphatic heterocycles. The van der Waals surface area contributed by atoms with Gasteiger partial charge in [0.25, 0.3) is 0 Å². The van der Waals surface area contributed by atoms with Crippen LogP contribution in [0.1, 0.15) is 5.56 Å². The lowest BCUT2D eigenvalue weighted by atomic mass is 10.2. The molecule has 0 spiro atoms. The molecule has 0 aliphatic rings. The number of aromatic hydroxyl groups is 1.